The number of aryl methyl sites for hydroxylation is 1. The van der Waals surface area contributed by atoms with Crippen molar-refractivity contribution in [2.24, 2.45) is 0 Å². The highest BCUT2D eigenvalue weighted by atomic mass is 35.5. The molecule has 3 rings (SSSR count). The van der Waals surface area contributed by atoms with E-state index in [-0.39, 0.29) is 5.91 Å². The van der Waals surface area contributed by atoms with Crippen molar-refractivity contribution in [2.45, 2.75) is 19.4 Å². The Morgan fingerprint density at radius 2 is 2.04 bits per heavy atom. The second-order valence-electron chi connectivity index (χ2n) is 6.24. The number of halogens is 1. The van der Waals surface area contributed by atoms with Gasteiger partial charge in [0.05, 0.1) is 7.11 Å². The summed E-state index contributed by atoms with van der Waals surface area (Å²) >= 11 is 7.79. The lowest BCUT2D eigenvalue weighted by Crippen LogP contribution is -2.48. The van der Waals surface area contributed by atoms with Gasteiger partial charge in [-0.2, -0.15) is 11.3 Å². The van der Waals surface area contributed by atoms with E-state index < -0.39 is 0 Å². The number of amides is 1. The molecule has 4 nitrogen and oxygen atoms in total. The molecule has 0 saturated carbocycles. The molecule has 0 aliphatic carbocycles. The zero-order chi connectivity index (χ0) is 17.6. The molecule has 0 atom stereocenters. The number of carbonyl (C=O) groups excluding carboxylic acids is 1. The van der Waals surface area contributed by atoms with Crippen LogP contribution in [-0.2, 0) is 17.8 Å². The molecule has 134 valence electrons. The summed E-state index contributed by atoms with van der Waals surface area (Å²) < 4.78 is 5.42. The summed E-state index contributed by atoms with van der Waals surface area (Å²) in [6.45, 7) is 4.11. The van der Waals surface area contributed by atoms with Gasteiger partial charge in [0.15, 0.2) is 0 Å². The van der Waals surface area contributed by atoms with Crippen LogP contribution in [0.25, 0.3) is 0 Å². The quantitative estimate of drug-likeness (QED) is 0.768. The molecule has 0 unspecified atom stereocenters. The van der Waals surface area contributed by atoms with Gasteiger partial charge in [0, 0.05) is 49.7 Å². The Bertz CT molecular complexity index is 697. The van der Waals surface area contributed by atoms with Crippen LogP contribution in [0.5, 0.6) is 5.75 Å². The molecular formula is C19H23ClN2O2S. The van der Waals surface area contributed by atoms with Crippen LogP contribution in [0.4, 0.5) is 0 Å². The van der Waals surface area contributed by atoms with Crippen LogP contribution in [0.3, 0.4) is 0 Å². The average molecular weight is 379 g/mol. The van der Waals surface area contributed by atoms with Crippen molar-refractivity contribution in [3.05, 3.63) is 51.2 Å². The van der Waals surface area contributed by atoms with Gasteiger partial charge in [-0.15, -0.1) is 0 Å². The Balaban J connectivity index is 1.48. The first-order chi connectivity index (χ1) is 12.2. The van der Waals surface area contributed by atoms with E-state index in [0.29, 0.717) is 6.42 Å². The van der Waals surface area contributed by atoms with Crippen LogP contribution in [0.1, 0.15) is 17.5 Å². The number of carbonyl (C=O) groups is 1. The van der Waals surface area contributed by atoms with Crippen molar-refractivity contribution >= 4 is 28.8 Å². The maximum Gasteiger partial charge on any atom is 0.222 e. The topological polar surface area (TPSA) is 32.8 Å². The predicted octanol–water partition coefficient (Wildman–Crippen LogP) is 3.69. The van der Waals surface area contributed by atoms with E-state index >= 15 is 0 Å². The number of nitrogens with zero attached hydrogens (tertiary/aromatic N) is 2. The number of ether oxygens (including phenoxy) is 1. The van der Waals surface area contributed by atoms with Crippen LogP contribution >= 0.6 is 22.9 Å². The second-order valence-corrected chi connectivity index (χ2v) is 7.46. The van der Waals surface area contributed by atoms with Crippen molar-refractivity contribution in [2.75, 3.05) is 33.3 Å². The molecule has 25 heavy (non-hydrogen) atoms. The smallest absolute Gasteiger partial charge is 0.222 e. The zero-order valence-corrected chi connectivity index (χ0v) is 16.0. The third kappa shape index (κ3) is 4.97. The van der Waals surface area contributed by atoms with Crippen molar-refractivity contribution in [3.63, 3.8) is 0 Å². The molecule has 0 N–H and O–H groups in total. The average Bonchev–Trinajstić information content (AvgIpc) is 3.14. The molecule has 0 bridgehead atoms. The highest BCUT2D eigenvalue weighted by Gasteiger charge is 2.21. The van der Waals surface area contributed by atoms with E-state index in [9.17, 15) is 4.79 Å². The molecule has 1 aromatic heterocycles. The number of piperazine rings is 1. The lowest BCUT2D eigenvalue weighted by molar-refractivity contribution is -0.133. The van der Waals surface area contributed by atoms with Crippen molar-refractivity contribution in [3.8, 4) is 5.75 Å². The van der Waals surface area contributed by atoms with Crippen molar-refractivity contribution in [1.29, 1.82) is 0 Å². The number of rotatable bonds is 6. The van der Waals surface area contributed by atoms with Gasteiger partial charge in [0.2, 0.25) is 5.91 Å². The lowest BCUT2D eigenvalue weighted by Gasteiger charge is -2.35. The molecule has 0 radical (unpaired) electrons. The molecule has 1 saturated heterocycles. The van der Waals surface area contributed by atoms with Crippen LogP contribution in [-0.4, -0.2) is 49.0 Å². The third-order valence-corrected chi connectivity index (χ3v) is 5.54. The Hall–Kier alpha value is -1.56. The van der Waals surface area contributed by atoms with Crippen LogP contribution < -0.4 is 4.74 Å². The van der Waals surface area contributed by atoms with Crippen molar-refractivity contribution < 1.29 is 9.53 Å². The molecule has 1 aliphatic rings. The molecule has 0 spiro atoms. The van der Waals surface area contributed by atoms with Gasteiger partial charge in [-0.1, -0.05) is 11.6 Å². The first-order valence-corrected chi connectivity index (χ1v) is 9.81. The summed E-state index contributed by atoms with van der Waals surface area (Å²) in [5, 5.41) is 4.89. The highest BCUT2D eigenvalue weighted by molar-refractivity contribution is 7.07. The minimum atomic E-state index is 0.256. The van der Waals surface area contributed by atoms with Gasteiger partial charge in [-0.05, 0) is 47.0 Å². The van der Waals surface area contributed by atoms with E-state index in [0.717, 1.165) is 55.5 Å². The Morgan fingerprint density at radius 3 is 2.72 bits per heavy atom. The summed E-state index contributed by atoms with van der Waals surface area (Å²) in [5.41, 5.74) is 2.34. The van der Waals surface area contributed by atoms with Crippen LogP contribution in [0.2, 0.25) is 5.02 Å². The molecule has 6 heteroatoms. The molecule has 1 fully saturated rings. The van der Waals surface area contributed by atoms with E-state index in [1.165, 1.54) is 5.56 Å². The van der Waals surface area contributed by atoms with Gasteiger partial charge >= 0.3 is 0 Å². The first-order valence-electron chi connectivity index (χ1n) is 8.49. The summed E-state index contributed by atoms with van der Waals surface area (Å²) in [7, 11) is 1.68. The van der Waals surface area contributed by atoms with E-state index in [1.807, 2.05) is 23.1 Å². The molecular weight excluding hydrogens is 356 g/mol. The van der Waals surface area contributed by atoms with E-state index in [4.69, 9.17) is 16.3 Å². The summed E-state index contributed by atoms with van der Waals surface area (Å²) in [5.74, 6) is 1.12. The van der Waals surface area contributed by atoms with Crippen LogP contribution in [0, 0.1) is 0 Å². The van der Waals surface area contributed by atoms with Crippen molar-refractivity contribution in [1.82, 2.24) is 9.80 Å². The number of hydrogen-bond acceptors (Lipinski definition) is 4. The fraction of sp³-hybridized carbons (Fsp3) is 0.421. The Labute approximate surface area is 158 Å². The Kier molecular flexibility index (Phi) is 6.34. The zero-order valence-electron chi connectivity index (χ0n) is 14.4. The van der Waals surface area contributed by atoms with Crippen LogP contribution in [0.15, 0.2) is 35.0 Å². The molecule has 2 heterocycles. The molecule has 2 aromatic rings. The fourth-order valence-electron chi connectivity index (χ4n) is 3.11. The number of benzene rings is 1. The van der Waals surface area contributed by atoms with Gasteiger partial charge in [-0.25, -0.2) is 0 Å². The second kappa shape index (κ2) is 8.70. The van der Waals surface area contributed by atoms with Gasteiger partial charge in [0.1, 0.15) is 5.75 Å². The third-order valence-electron chi connectivity index (χ3n) is 4.57. The first kappa shape index (κ1) is 18.2. The summed E-state index contributed by atoms with van der Waals surface area (Å²) in [6.07, 6.45) is 1.43. The minimum absolute atomic E-state index is 0.256. The summed E-state index contributed by atoms with van der Waals surface area (Å²) in [6, 6.07) is 7.79. The van der Waals surface area contributed by atoms with Gasteiger partial charge < -0.3 is 9.64 Å². The normalized spacial score (nSPS) is 15.4. The SMILES string of the molecule is COc1ccc(Cl)cc1CN1CCN(C(=O)CCc2ccsc2)CC1. The standard InChI is InChI=1S/C19H23ClN2O2S/c1-24-18-4-3-17(20)12-16(18)13-21-7-9-22(10-8-21)19(23)5-2-15-6-11-25-14-15/h3-4,6,11-12,14H,2,5,7-10,13H2,1H3. The number of methoxy groups -OCH3 is 1. The monoisotopic (exact) mass is 378 g/mol. The number of hydrogen-bond donors (Lipinski definition) is 0. The predicted molar refractivity (Wildman–Crippen MR) is 103 cm³/mol. The Morgan fingerprint density at radius 1 is 1.24 bits per heavy atom. The summed E-state index contributed by atoms with van der Waals surface area (Å²) in [4.78, 5) is 16.7. The maximum absolute atomic E-state index is 12.4. The van der Waals surface area contributed by atoms with E-state index in [2.05, 4.69) is 21.7 Å². The van der Waals surface area contributed by atoms with E-state index in [1.54, 1.807) is 18.4 Å². The minimum Gasteiger partial charge on any atom is -0.496 e. The molecule has 1 amide bonds. The fourth-order valence-corrected chi connectivity index (χ4v) is 4.01. The molecule has 1 aliphatic heterocycles. The number of thiophene rings is 1. The maximum atomic E-state index is 12.4. The highest BCUT2D eigenvalue weighted by Crippen LogP contribution is 2.24. The molecule has 1 aromatic carbocycles. The van der Waals surface area contributed by atoms with Gasteiger partial charge in [0.25, 0.3) is 0 Å². The lowest BCUT2D eigenvalue weighted by atomic mass is 10.1. The van der Waals surface area contributed by atoms with Gasteiger partial charge in [-0.3, -0.25) is 9.69 Å². The largest absolute Gasteiger partial charge is 0.496 e.